The summed E-state index contributed by atoms with van der Waals surface area (Å²) in [4.78, 5) is 4.51. The minimum atomic E-state index is 0.138. The van der Waals surface area contributed by atoms with E-state index in [0.29, 0.717) is 12.3 Å². The molecule has 1 heterocycles. The summed E-state index contributed by atoms with van der Waals surface area (Å²) < 4.78 is 5.71. The lowest BCUT2D eigenvalue weighted by Crippen LogP contribution is -1.99. The first kappa shape index (κ1) is 13.2. The van der Waals surface area contributed by atoms with E-state index in [2.05, 4.69) is 18.8 Å². The van der Waals surface area contributed by atoms with Crippen LogP contribution in [0.5, 0.6) is 0 Å². The number of oxazole rings is 1. The van der Waals surface area contributed by atoms with Crippen LogP contribution in [0.3, 0.4) is 0 Å². The van der Waals surface area contributed by atoms with Crippen molar-refractivity contribution in [2.45, 2.75) is 58.8 Å². The zero-order chi connectivity index (χ0) is 12.0. The van der Waals surface area contributed by atoms with E-state index >= 15 is 0 Å². The molecular weight excluding hydrogens is 202 g/mol. The van der Waals surface area contributed by atoms with Gasteiger partial charge in [0.05, 0.1) is 5.69 Å². The highest BCUT2D eigenvalue weighted by molar-refractivity contribution is 5.10. The molecule has 92 valence electrons. The van der Waals surface area contributed by atoms with Crippen molar-refractivity contribution in [1.82, 2.24) is 4.98 Å². The second-order valence-corrected chi connectivity index (χ2v) is 4.30. The van der Waals surface area contributed by atoms with Gasteiger partial charge >= 0.3 is 0 Å². The Labute approximate surface area is 97.9 Å². The van der Waals surface area contributed by atoms with Crippen molar-refractivity contribution in [3.05, 3.63) is 17.3 Å². The normalized spacial score (nSPS) is 11.3. The fraction of sp³-hybridized carbons (Fsp3) is 0.769. The van der Waals surface area contributed by atoms with Crippen molar-refractivity contribution in [1.29, 1.82) is 0 Å². The van der Waals surface area contributed by atoms with Crippen LogP contribution in [-0.4, -0.2) is 16.7 Å². The lowest BCUT2D eigenvalue weighted by Gasteiger charge is -2.10. The minimum Gasteiger partial charge on any atom is -0.445 e. The predicted octanol–water partition coefficient (Wildman–Crippen LogP) is 3.20. The van der Waals surface area contributed by atoms with Gasteiger partial charge in [0.2, 0.25) is 0 Å². The largest absolute Gasteiger partial charge is 0.445 e. The molecule has 1 aromatic rings. The van der Waals surface area contributed by atoms with Crippen LogP contribution in [0.25, 0.3) is 0 Å². The molecule has 0 unspecified atom stereocenters. The summed E-state index contributed by atoms with van der Waals surface area (Å²) in [5.74, 6) is 2.17. The smallest absolute Gasteiger partial charge is 0.197 e. The molecule has 1 aromatic heterocycles. The number of aryl methyl sites for hydroxylation is 1. The first-order chi connectivity index (χ1) is 7.72. The molecule has 0 atom stereocenters. The fourth-order valence-corrected chi connectivity index (χ4v) is 2.05. The Hall–Kier alpha value is -0.830. The Morgan fingerprint density at radius 3 is 2.38 bits per heavy atom. The molecule has 0 amide bonds. The molecule has 3 nitrogen and oxygen atoms in total. The van der Waals surface area contributed by atoms with Crippen molar-refractivity contribution >= 4 is 0 Å². The number of aliphatic hydroxyl groups excluding tert-OH is 1. The fourth-order valence-electron chi connectivity index (χ4n) is 2.05. The van der Waals surface area contributed by atoms with Gasteiger partial charge in [-0.3, -0.25) is 0 Å². The van der Waals surface area contributed by atoms with Crippen LogP contribution >= 0.6 is 0 Å². The minimum absolute atomic E-state index is 0.138. The third-order valence-electron chi connectivity index (χ3n) is 2.88. The van der Waals surface area contributed by atoms with Gasteiger partial charge < -0.3 is 9.52 Å². The number of hydrogen-bond acceptors (Lipinski definition) is 3. The molecule has 3 heteroatoms. The van der Waals surface area contributed by atoms with E-state index < -0.39 is 0 Å². The van der Waals surface area contributed by atoms with Crippen LogP contribution < -0.4 is 0 Å². The zero-order valence-electron chi connectivity index (χ0n) is 10.6. The van der Waals surface area contributed by atoms with Gasteiger partial charge in [0, 0.05) is 18.9 Å². The van der Waals surface area contributed by atoms with Gasteiger partial charge in [0.25, 0.3) is 0 Å². The summed E-state index contributed by atoms with van der Waals surface area (Å²) in [6.45, 7) is 6.44. The Morgan fingerprint density at radius 1 is 1.25 bits per heavy atom. The van der Waals surface area contributed by atoms with Crippen LogP contribution in [0, 0.1) is 6.92 Å². The van der Waals surface area contributed by atoms with Gasteiger partial charge in [-0.2, -0.15) is 0 Å². The molecular formula is C13H23NO2. The molecule has 0 saturated heterocycles. The highest BCUT2D eigenvalue weighted by Gasteiger charge is 2.17. The summed E-state index contributed by atoms with van der Waals surface area (Å²) >= 11 is 0. The first-order valence-corrected chi connectivity index (χ1v) is 6.29. The first-order valence-electron chi connectivity index (χ1n) is 6.29. The Kier molecular flexibility index (Phi) is 5.53. The van der Waals surface area contributed by atoms with E-state index in [4.69, 9.17) is 9.52 Å². The summed E-state index contributed by atoms with van der Waals surface area (Å²) in [6, 6.07) is 0. The Balaban J connectivity index is 2.79. The number of aromatic nitrogens is 1. The van der Waals surface area contributed by atoms with E-state index in [1.165, 1.54) is 0 Å². The van der Waals surface area contributed by atoms with Gasteiger partial charge in [0.15, 0.2) is 5.89 Å². The molecule has 0 aliphatic rings. The SMILES string of the molecule is CCCC(CCC)c1nc(CCO)c(C)o1. The third kappa shape index (κ3) is 3.34. The van der Waals surface area contributed by atoms with Crippen molar-refractivity contribution in [3.63, 3.8) is 0 Å². The maximum Gasteiger partial charge on any atom is 0.197 e. The van der Waals surface area contributed by atoms with Crippen molar-refractivity contribution in [2.75, 3.05) is 6.61 Å². The predicted molar refractivity (Wildman–Crippen MR) is 64.6 cm³/mol. The van der Waals surface area contributed by atoms with Gasteiger partial charge in [0.1, 0.15) is 5.76 Å². The monoisotopic (exact) mass is 225 g/mol. The van der Waals surface area contributed by atoms with Crippen LogP contribution in [-0.2, 0) is 6.42 Å². The molecule has 16 heavy (non-hydrogen) atoms. The Bertz CT molecular complexity index is 301. The van der Waals surface area contributed by atoms with E-state index in [-0.39, 0.29) is 6.61 Å². The molecule has 0 spiro atoms. The lowest BCUT2D eigenvalue weighted by molar-refractivity contribution is 0.297. The summed E-state index contributed by atoms with van der Waals surface area (Å²) in [5, 5.41) is 8.92. The lowest BCUT2D eigenvalue weighted by atomic mass is 9.98. The van der Waals surface area contributed by atoms with E-state index in [0.717, 1.165) is 43.0 Å². The van der Waals surface area contributed by atoms with Crippen molar-refractivity contribution in [3.8, 4) is 0 Å². The van der Waals surface area contributed by atoms with E-state index in [1.807, 2.05) is 6.92 Å². The average Bonchev–Trinajstić information content (AvgIpc) is 2.61. The molecule has 0 aromatic carbocycles. The zero-order valence-corrected chi connectivity index (χ0v) is 10.6. The van der Waals surface area contributed by atoms with Crippen molar-refractivity contribution in [2.24, 2.45) is 0 Å². The van der Waals surface area contributed by atoms with Crippen LogP contribution in [0.1, 0.15) is 62.8 Å². The standard InChI is InChI=1S/C13H23NO2/c1-4-6-11(7-5-2)13-14-12(8-9-15)10(3)16-13/h11,15H,4-9H2,1-3H3. The molecule has 0 saturated carbocycles. The number of hydrogen-bond donors (Lipinski definition) is 1. The van der Waals surface area contributed by atoms with Crippen molar-refractivity contribution < 1.29 is 9.52 Å². The summed E-state index contributed by atoms with van der Waals surface area (Å²) in [7, 11) is 0. The quantitative estimate of drug-likeness (QED) is 0.775. The maximum absolute atomic E-state index is 8.92. The van der Waals surface area contributed by atoms with Crippen LogP contribution in [0.4, 0.5) is 0 Å². The van der Waals surface area contributed by atoms with E-state index in [9.17, 15) is 0 Å². The molecule has 0 bridgehead atoms. The average molecular weight is 225 g/mol. The number of nitrogens with zero attached hydrogens (tertiary/aromatic N) is 1. The highest BCUT2D eigenvalue weighted by atomic mass is 16.4. The number of rotatable bonds is 7. The molecule has 0 radical (unpaired) electrons. The maximum atomic E-state index is 8.92. The second-order valence-electron chi connectivity index (χ2n) is 4.30. The van der Waals surface area contributed by atoms with E-state index in [1.54, 1.807) is 0 Å². The van der Waals surface area contributed by atoms with Gasteiger partial charge in [-0.05, 0) is 19.8 Å². The second kappa shape index (κ2) is 6.69. The van der Waals surface area contributed by atoms with Gasteiger partial charge in [-0.15, -0.1) is 0 Å². The summed E-state index contributed by atoms with van der Waals surface area (Å²) in [6.07, 6.45) is 5.17. The van der Waals surface area contributed by atoms with Crippen LogP contribution in [0.15, 0.2) is 4.42 Å². The molecule has 0 fully saturated rings. The third-order valence-corrected chi connectivity index (χ3v) is 2.88. The van der Waals surface area contributed by atoms with Gasteiger partial charge in [-0.1, -0.05) is 26.7 Å². The summed E-state index contributed by atoms with van der Waals surface area (Å²) in [5.41, 5.74) is 0.912. The molecule has 0 aliphatic heterocycles. The molecule has 0 aliphatic carbocycles. The molecule has 1 N–H and O–H groups in total. The van der Waals surface area contributed by atoms with Gasteiger partial charge in [-0.25, -0.2) is 4.98 Å². The number of aliphatic hydroxyl groups is 1. The molecule has 1 rings (SSSR count). The Morgan fingerprint density at radius 2 is 1.88 bits per heavy atom. The topological polar surface area (TPSA) is 46.3 Å². The van der Waals surface area contributed by atoms with Crippen LogP contribution in [0.2, 0.25) is 0 Å². The highest BCUT2D eigenvalue weighted by Crippen LogP contribution is 2.27.